The van der Waals surface area contributed by atoms with Crippen molar-refractivity contribution in [2.75, 3.05) is 6.54 Å². The number of hydrazone groups is 1. The van der Waals surface area contributed by atoms with Gasteiger partial charge in [0, 0.05) is 17.1 Å². The van der Waals surface area contributed by atoms with Crippen molar-refractivity contribution in [3.63, 3.8) is 0 Å². The Balaban J connectivity index is 2.59. The number of phenols is 1. The van der Waals surface area contributed by atoms with Crippen LogP contribution >= 0.6 is 39.7 Å². The smallest absolute Gasteiger partial charge is 0.186 e. The molecule has 0 aliphatic heterocycles. The van der Waals surface area contributed by atoms with Gasteiger partial charge in [0.2, 0.25) is 0 Å². The fraction of sp³-hybridized carbons (Fsp3) is 0.385. The molecule has 0 heterocycles. The van der Waals surface area contributed by atoms with E-state index >= 15 is 0 Å². The van der Waals surface area contributed by atoms with Crippen LogP contribution in [0.3, 0.4) is 0 Å². The minimum absolute atomic E-state index is 0.0773. The van der Waals surface area contributed by atoms with Crippen molar-refractivity contribution in [3.8, 4) is 5.75 Å². The van der Waals surface area contributed by atoms with Gasteiger partial charge in [-0.15, -0.1) is 0 Å². The maximum atomic E-state index is 9.82. The second-order valence-corrected chi connectivity index (χ2v) is 7.14. The Morgan fingerprint density at radius 1 is 1.50 bits per heavy atom. The van der Waals surface area contributed by atoms with Crippen LogP contribution in [0.1, 0.15) is 26.3 Å². The molecule has 0 spiro atoms. The Morgan fingerprint density at radius 3 is 2.75 bits per heavy atom. The molecule has 7 heteroatoms. The molecule has 110 valence electrons. The predicted octanol–water partition coefficient (Wildman–Crippen LogP) is 3.65. The topological polar surface area (TPSA) is 56.7 Å². The highest BCUT2D eigenvalue weighted by Crippen LogP contribution is 2.30. The Labute approximate surface area is 137 Å². The average Bonchev–Trinajstić information content (AvgIpc) is 2.31. The van der Waals surface area contributed by atoms with Gasteiger partial charge in [-0.05, 0) is 45.7 Å². The lowest BCUT2D eigenvalue weighted by molar-refractivity contribution is 0.408. The van der Waals surface area contributed by atoms with Crippen molar-refractivity contribution in [2.24, 2.45) is 10.5 Å². The minimum Gasteiger partial charge on any atom is -0.506 e. The summed E-state index contributed by atoms with van der Waals surface area (Å²) in [6.07, 6.45) is 1.46. The lowest BCUT2D eigenvalue weighted by Crippen LogP contribution is -2.37. The number of nitrogens with zero attached hydrogens (tertiary/aromatic N) is 1. The zero-order valence-corrected chi connectivity index (χ0v) is 14.7. The van der Waals surface area contributed by atoms with E-state index in [0.29, 0.717) is 20.2 Å². The van der Waals surface area contributed by atoms with E-state index < -0.39 is 0 Å². The molecule has 0 amide bonds. The first-order chi connectivity index (χ1) is 9.19. The summed E-state index contributed by atoms with van der Waals surface area (Å²) in [5.41, 5.74) is 3.32. The van der Waals surface area contributed by atoms with E-state index in [1.54, 1.807) is 12.1 Å². The molecule has 0 bridgehead atoms. The van der Waals surface area contributed by atoms with Crippen molar-refractivity contribution >= 4 is 51.1 Å². The van der Waals surface area contributed by atoms with E-state index in [9.17, 15) is 5.11 Å². The third kappa shape index (κ3) is 6.07. The first kappa shape index (κ1) is 17.2. The first-order valence-corrected chi connectivity index (χ1v) is 7.52. The number of hydrogen-bond acceptors (Lipinski definition) is 3. The van der Waals surface area contributed by atoms with E-state index in [1.165, 1.54) is 6.21 Å². The van der Waals surface area contributed by atoms with Crippen molar-refractivity contribution in [3.05, 3.63) is 27.2 Å². The Morgan fingerprint density at radius 2 is 2.15 bits per heavy atom. The van der Waals surface area contributed by atoms with E-state index in [2.05, 4.69) is 52.5 Å². The molecule has 3 N–H and O–H groups in total. The monoisotopic (exact) mass is 377 g/mol. The summed E-state index contributed by atoms with van der Waals surface area (Å²) in [5, 5.41) is 17.8. The van der Waals surface area contributed by atoms with Crippen LogP contribution in [0, 0.1) is 5.41 Å². The summed E-state index contributed by atoms with van der Waals surface area (Å²) in [5.74, 6) is 0.0773. The van der Waals surface area contributed by atoms with Gasteiger partial charge in [-0.25, -0.2) is 0 Å². The van der Waals surface area contributed by atoms with E-state index in [-0.39, 0.29) is 11.2 Å². The van der Waals surface area contributed by atoms with Gasteiger partial charge in [0.25, 0.3) is 0 Å². The molecule has 1 aromatic carbocycles. The van der Waals surface area contributed by atoms with E-state index in [4.69, 9.17) is 23.8 Å². The van der Waals surface area contributed by atoms with Crippen LogP contribution in [0.25, 0.3) is 0 Å². The molecule has 4 nitrogen and oxygen atoms in total. The largest absolute Gasteiger partial charge is 0.506 e. The quantitative estimate of drug-likeness (QED) is 0.427. The molecule has 0 aliphatic carbocycles. The fourth-order valence-electron chi connectivity index (χ4n) is 1.23. The number of rotatable bonds is 3. The van der Waals surface area contributed by atoms with Gasteiger partial charge in [0.05, 0.1) is 10.7 Å². The van der Waals surface area contributed by atoms with Gasteiger partial charge in [0.1, 0.15) is 5.75 Å². The lowest BCUT2D eigenvalue weighted by atomic mass is 9.97. The third-order valence-electron chi connectivity index (χ3n) is 2.21. The second kappa shape index (κ2) is 7.24. The van der Waals surface area contributed by atoms with Crippen LogP contribution in [-0.4, -0.2) is 23.0 Å². The fourth-order valence-corrected chi connectivity index (χ4v) is 2.19. The molecular formula is C13H17BrClN3OS. The van der Waals surface area contributed by atoms with Gasteiger partial charge >= 0.3 is 0 Å². The summed E-state index contributed by atoms with van der Waals surface area (Å²) >= 11 is 14.2. The zero-order valence-electron chi connectivity index (χ0n) is 11.5. The molecule has 0 fully saturated rings. The van der Waals surface area contributed by atoms with E-state index in [1.807, 2.05) is 0 Å². The second-order valence-electron chi connectivity index (χ2n) is 5.44. The summed E-state index contributed by atoms with van der Waals surface area (Å²) < 4.78 is 0.514. The minimum atomic E-state index is 0.0773. The van der Waals surface area contributed by atoms with Crippen LogP contribution in [0.15, 0.2) is 21.7 Å². The predicted molar refractivity (Wildman–Crippen MR) is 91.6 cm³/mol. The zero-order chi connectivity index (χ0) is 15.3. The Hall–Kier alpha value is -0.850. The van der Waals surface area contributed by atoms with Crippen LogP contribution in [0.5, 0.6) is 5.75 Å². The van der Waals surface area contributed by atoms with E-state index in [0.717, 1.165) is 6.54 Å². The number of hydrogen-bond donors (Lipinski definition) is 3. The van der Waals surface area contributed by atoms with Crippen molar-refractivity contribution in [1.29, 1.82) is 0 Å². The maximum absolute atomic E-state index is 9.82. The van der Waals surface area contributed by atoms with Crippen LogP contribution < -0.4 is 10.7 Å². The molecule has 20 heavy (non-hydrogen) atoms. The van der Waals surface area contributed by atoms with Gasteiger partial charge in [0.15, 0.2) is 5.11 Å². The Bertz CT molecular complexity index is 529. The SMILES string of the molecule is CC(C)(C)CNC(=S)N/N=C/c1cc(Cl)cc(Br)c1O. The number of nitrogens with one attached hydrogen (secondary N) is 2. The normalized spacial score (nSPS) is 11.7. The average molecular weight is 379 g/mol. The van der Waals surface area contributed by atoms with Crippen LogP contribution in [0.2, 0.25) is 5.02 Å². The number of benzene rings is 1. The van der Waals surface area contributed by atoms with Gasteiger partial charge < -0.3 is 10.4 Å². The highest BCUT2D eigenvalue weighted by atomic mass is 79.9. The van der Waals surface area contributed by atoms with Gasteiger partial charge in [-0.2, -0.15) is 5.10 Å². The summed E-state index contributed by atoms with van der Waals surface area (Å²) in [7, 11) is 0. The van der Waals surface area contributed by atoms with Crippen molar-refractivity contribution in [2.45, 2.75) is 20.8 Å². The molecule has 0 aliphatic rings. The molecule has 0 atom stereocenters. The number of halogens is 2. The van der Waals surface area contributed by atoms with Crippen LogP contribution in [-0.2, 0) is 0 Å². The summed E-state index contributed by atoms with van der Waals surface area (Å²) in [6.45, 7) is 7.05. The third-order valence-corrected chi connectivity index (χ3v) is 3.26. The molecule has 0 unspecified atom stereocenters. The number of aromatic hydroxyl groups is 1. The standard InChI is InChI=1S/C13H17BrClN3OS/c1-13(2,3)7-16-12(20)18-17-6-8-4-9(15)5-10(14)11(8)19/h4-6,19H,7H2,1-3H3,(H2,16,18,20)/b17-6+. The summed E-state index contributed by atoms with van der Waals surface area (Å²) in [6, 6.07) is 3.22. The van der Waals surface area contributed by atoms with Crippen molar-refractivity contribution in [1.82, 2.24) is 10.7 Å². The van der Waals surface area contributed by atoms with Crippen molar-refractivity contribution < 1.29 is 5.11 Å². The van der Waals surface area contributed by atoms with Gasteiger partial charge in [-0.1, -0.05) is 32.4 Å². The van der Waals surface area contributed by atoms with Crippen LogP contribution in [0.4, 0.5) is 0 Å². The molecule has 1 aromatic rings. The molecule has 0 radical (unpaired) electrons. The lowest BCUT2D eigenvalue weighted by Gasteiger charge is -2.19. The highest BCUT2D eigenvalue weighted by molar-refractivity contribution is 9.10. The first-order valence-electron chi connectivity index (χ1n) is 5.94. The van der Waals surface area contributed by atoms with Gasteiger partial charge in [-0.3, -0.25) is 5.43 Å². The molecule has 0 aromatic heterocycles. The highest BCUT2D eigenvalue weighted by Gasteiger charge is 2.10. The molecule has 1 rings (SSSR count). The molecule has 0 saturated carbocycles. The molecular weight excluding hydrogens is 362 g/mol. The number of thiocarbonyl (C=S) groups is 1. The number of phenolic OH excluding ortho intramolecular Hbond substituents is 1. The molecule has 0 saturated heterocycles. The Kier molecular flexibility index (Phi) is 6.23. The maximum Gasteiger partial charge on any atom is 0.186 e. The summed E-state index contributed by atoms with van der Waals surface area (Å²) in [4.78, 5) is 0.